The third kappa shape index (κ3) is 35.4. The molecule has 10 heterocycles. The fraction of sp³-hybridized carbons (Fsp3) is 0.155. The van der Waals surface area contributed by atoms with Crippen molar-refractivity contribution >= 4 is 177 Å². The molecule has 1 radical (unpaired) electrons. The van der Waals surface area contributed by atoms with Crippen LogP contribution in [-0.4, -0.2) is 151 Å². The van der Waals surface area contributed by atoms with E-state index in [2.05, 4.69) is 83.0 Å². The van der Waals surface area contributed by atoms with Crippen LogP contribution < -0.4 is 63.5 Å². The molecule has 0 unspecified atom stereocenters. The minimum atomic E-state index is -1.02. The molecule has 1 saturated carbocycles. The first-order valence-electron chi connectivity index (χ1n) is 41.6. The first-order chi connectivity index (χ1) is 64.7. The van der Waals surface area contributed by atoms with E-state index in [1.54, 1.807) is 198 Å². The Bertz CT molecular complexity index is 6390. The number of amides is 3. The number of ketones is 1. The van der Waals surface area contributed by atoms with Crippen LogP contribution in [-0.2, 0) is 25.5 Å². The van der Waals surface area contributed by atoms with E-state index in [-0.39, 0.29) is 102 Å². The van der Waals surface area contributed by atoms with Crippen molar-refractivity contribution in [2.45, 2.75) is 71.9 Å². The summed E-state index contributed by atoms with van der Waals surface area (Å²) in [4.78, 5) is 102. The van der Waals surface area contributed by atoms with Gasteiger partial charge in [-0.05, 0) is 164 Å². The number of aromatic nitrogens is 10. The molecular weight excluding hydrogens is 2280 g/mol. The van der Waals surface area contributed by atoms with Gasteiger partial charge in [0.2, 0.25) is 5.91 Å². The molecule has 1 aliphatic carbocycles. The normalized spacial score (nSPS) is 11.8. The van der Waals surface area contributed by atoms with Gasteiger partial charge in [-0.1, -0.05) is 208 Å². The minimum absolute atomic E-state index is 0. The molecule has 0 spiro atoms. The Morgan fingerprint density at radius 3 is 1.04 bits per heavy atom. The number of carbonyl (C=O) groups is 7. The Labute approximate surface area is 901 Å². The largest absolute Gasteiger partial charge is 1.00 e. The topological polar surface area (TPSA) is 425 Å². The number of nitrogens with zero attached hydrogens (tertiary/aromatic N) is 9. The maximum Gasteiger partial charge on any atom is 1.00 e. The van der Waals surface area contributed by atoms with Gasteiger partial charge in [0.25, 0.3) is 11.8 Å². The van der Waals surface area contributed by atoms with Gasteiger partial charge < -0.3 is 77.3 Å². The number of carbonyl (C=O) groups excluding carboxylic acids is 6. The number of primary amides is 3. The van der Waals surface area contributed by atoms with Crippen LogP contribution in [0.4, 0.5) is 0 Å². The molecular formula is C97H95BCl9IN16NaO11U. The summed E-state index contributed by atoms with van der Waals surface area (Å²) in [6.45, 7) is 7.02. The summed E-state index contributed by atoms with van der Waals surface area (Å²) in [5, 5.41) is 20.5. The molecule has 5 aromatic carbocycles. The molecule has 27 nitrogen and oxygen atoms in total. The number of carboxylic acids is 1. The van der Waals surface area contributed by atoms with E-state index in [1.165, 1.54) is 45.7 Å². The van der Waals surface area contributed by atoms with Gasteiger partial charge in [0.15, 0.2) is 0 Å². The van der Waals surface area contributed by atoms with Gasteiger partial charge in [-0.2, -0.15) is 0 Å². The van der Waals surface area contributed by atoms with E-state index in [9.17, 15) is 38.7 Å². The Morgan fingerprint density at radius 2 is 0.737 bits per heavy atom. The Hall–Kier alpha value is -9.96. The van der Waals surface area contributed by atoms with E-state index < -0.39 is 23.8 Å². The summed E-state index contributed by atoms with van der Waals surface area (Å²) in [7, 11) is 4.61. The minimum Gasteiger partial charge on any atom is -0.870 e. The van der Waals surface area contributed by atoms with Crippen molar-refractivity contribution in [3.8, 4) is 78.4 Å². The standard InChI is InChI=1S/C19H16ClN3O2.C18H14Cl2N2O2.C16H11Cl2N3O.C16H10Cl2N2O2.C13H12ClNO2.C8H18N2.C5H3ClIN.C2H5NO.BH2.H3N.Na.H2O.U/c1-12(24)8-13-9-14(6-7-22-13)23-10-16(17(11-23)19(21)25)15-4-2-3-5-18(15)20;1-2-24-18(23)15-11-22(12-7-8-21-17(20)9-12)10-14(15)13-5-3-4-6-16(13)19;17-14-4-2-1-3-11(14)12-8-21(9-13(12)16(19)22)10-5-6-20-15(18)7-10;17-14-4-2-1-3-11(14)12-8-20(9-13(12)16(21)22)10-5-6-19-15(18)7-10;1-2-17-13(16)11-8-15-7-10(11)9-5-3-4-6-12(9)14;1-9-7-5-3-4-6-8(7)10-2;6-5-3-4(7)1-2-8-5;1-2(3)4;;;;;/h2-7,9-11H,8H2,1H3,(H2,21,25);3-11H,2H2,1H3;1-9H,(H2,19,22);1-9H,(H,21,22);3-8,15H,2H2,1H3;7-10H,3-6H2,1-2H3;1-3H;1H3,(H2,3,4);1H2;1H3;;1H2;/q;;;;;;;;;;+1;;/p-1/t;;;;;7-,8-;;;;;;;/m.....1......./s1/i;;;;;;;;1T2;;;;. The summed E-state index contributed by atoms with van der Waals surface area (Å²) in [5.41, 5.74) is 28.2. The van der Waals surface area contributed by atoms with Crippen molar-refractivity contribution < 1.29 is 114 Å². The third-order valence-electron chi connectivity index (χ3n) is 19.4. The van der Waals surface area contributed by atoms with Crippen LogP contribution in [0.3, 0.4) is 0 Å². The van der Waals surface area contributed by atoms with Crippen LogP contribution in [0, 0.1) is 34.7 Å². The quantitative estimate of drug-likeness (QED) is 0.0152. The predicted octanol–water partition coefficient (Wildman–Crippen LogP) is 19.1. The van der Waals surface area contributed by atoms with E-state index in [4.69, 9.17) is 128 Å². The van der Waals surface area contributed by atoms with Crippen LogP contribution in [0.15, 0.2) is 275 Å². The first-order valence-corrected chi connectivity index (χ1v) is 44.9. The molecule has 707 valence electrons. The van der Waals surface area contributed by atoms with E-state index in [1.807, 2.05) is 103 Å². The second kappa shape index (κ2) is 60.1. The molecule has 15 aromatic rings. The summed E-state index contributed by atoms with van der Waals surface area (Å²) in [5.74, 6) is -3.11. The van der Waals surface area contributed by atoms with Crippen molar-refractivity contribution in [2.75, 3.05) is 27.3 Å². The van der Waals surface area contributed by atoms with Crippen molar-refractivity contribution in [3.05, 3.63) is 358 Å². The molecule has 2 atom stereocenters. The molecule has 137 heavy (non-hydrogen) atoms. The summed E-state index contributed by atoms with van der Waals surface area (Å²) in [6.07, 6.45) is 30.9. The number of H-pyrrole nitrogens is 1. The zero-order chi connectivity index (χ0) is 98.4. The van der Waals surface area contributed by atoms with Crippen molar-refractivity contribution in [1.29, 1.82) is 2.67 Å². The molecule has 40 heteroatoms. The second-order valence-electron chi connectivity index (χ2n) is 28.5. The molecule has 0 saturated heterocycles. The zero-order valence-electron chi connectivity index (χ0n) is 77.0. The van der Waals surface area contributed by atoms with Crippen LogP contribution in [0.2, 0.25) is 45.7 Å². The van der Waals surface area contributed by atoms with Crippen molar-refractivity contribution in [3.63, 3.8) is 0 Å². The molecule has 0 aliphatic heterocycles. The number of rotatable bonds is 20. The van der Waals surface area contributed by atoms with Gasteiger partial charge in [-0.25, -0.2) is 34.3 Å². The number of esters is 2. The number of pyridine rings is 5. The Kier molecular flexibility index (Phi) is 50.8. The Balaban J connectivity index is 0.000000340. The van der Waals surface area contributed by atoms with Crippen LogP contribution in [0.1, 0.15) is 111 Å². The van der Waals surface area contributed by atoms with E-state index >= 15 is 0 Å². The van der Waals surface area contributed by atoms with Crippen LogP contribution in [0.25, 0.3) is 78.4 Å². The first kappa shape index (κ1) is 116. The van der Waals surface area contributed by atoms with Crippen molar-refractivity contribution in [2.24, 2.45) is 17.2 Å². The number of Topliss-reactive ketones (excluding diaryl/α,β-unsaturated/α-hetero) is 1. The molecule has 10 aromatic heterocycles. The number of hydrogen-bond acceptors (Lipinski definition) is 18. The predicted molar refractivity (Wildman–Crippen MR) is 549 cm³/mol. The van der Waals surface area contributed by atoms with Crippen LogP contribution >= 0.6 is 127 Å². The SMILES string of the molecule is CC(=O)Cc1cc(-n2cc(C(N)=O)c(-c3ccccc3Cl)c2)ccn1.CC(N)=O.CCOC(=O)c1c[nH]cc1-c1ccccc1Cl.CCOC(=O)c1cn(-c2ccnc(Cl)c2)cc1-c1ccccc1Cl.CN[C@@H]1CCCC[C@H]1NC.Clc1cc(I)ccn1.N.NC(=O)c1cn(-c2ccnc(Cl)c2)cc1-c1ccccc1Cl.O=C(O)c1cn(-c2ccnc(Cl)c2)cc1-c1ccccc1Cl.[3H][B][3H].[Na+].[OH-].[U]. The Morgan fingerprint density at radius 1 is 0.445 bits per heavy atom. The third-order valence-corrected chi connectivity index (χ3v) is 22.5. The zero-order valence-corrected chi connectivity index (χ0v) is 90.1. The molecule has 0 bridgehead atoms. The summed E-state index contributed by atoms with van der Waals surface area (Å²) < 4.78 is 29.8. The monoisotopic (exact) mass is 2380 g/mol. The number of hydrogen-bond donors (Lipinski definition) is 8. The van der Waals surface area contributed by atoms with Gasteiger partial charge in [-0.3, -0.25) is 24.2 Å². The van der Waals surface area contributed by atoms with Gasteiger partial charge >= 0.3 is 47.5 Å². The second-order valence-corrected chi connectivity index (χ2v) is 33.3. The molecule has 1 aliphatic rings. The van der Waals surface area contributed by atoms with E-state index in [0.717, 1.165) is 54.1 Å². The number of nitrogens with one attached hydrogen (secondary N) is 3. The fourth-order valence-corrected chi connectivity index (χ4v) is 15.9. The summed E-state index contributed by atoms with van der Waals surface area (Å²) >= 11 is 56.5. The van der Waals surface area contributed by atoms with Crippen LogP contribution in [0.5, 0.6) is 0 Å². The smallest absolute Gasteiger partial charge is 0.870 e. The maximum atomic E-state index is 12.3. The number of aromatic amines is 1. The average Bonchev–Trinajstić information content (AvgIpc) is 1.65. The molecule has 16 rings (SSSR count). The number of benzene rings is 5. The van der Waals surface area contributed by atoms with Gasteiger partial charge in [0.1, 0.15) is 26.4 Å². The maximum absolute atomic E-state index is 12.3. The molecule has 1 fully saturated rings. The number of halogens is 10. The number of carboxylic acid groups (broad SMARTS) is 1. The number of nitrogens with two attached hydrogens (primary N) is 3. The number of aromatic carboxylic acids is 1. The fourth-order valence-electron chi connectivity index (χ4n) is 13.4. The van der Waals surface area contributed by atoms with E-state index in [0.29, 0.717) is 135 Å². The van der Waals surface area contributed by atoms with Gasteiger partial charge in [-0.15, -0.1) is 0 Å². The number of likely N-dealkylation sites (N-methyl/N-ethyl adjacent to an activating group) is 2. The van der Waals surface area contributed by atoms with Crippen molar-refractivity contribution in [1.82, 2.24) is 65.0 Å². The average molecular weight is 2380 g/mol. The van der Waals surface area contributed by atoms with Gasteiger partial charge in [0, 0.05) is 262 Å². The number of ether oxygens (including phenoxy) is 2. The molecule has 3 amide bonds. The molecule has 14 N–H and O–H groups in total. The van der Waals surface area contributed by atoms with Gasteiger partial charge in [0.05, 0.1) is 49.4 Å². The summed E-state index contributed by atoms with van der Waals surface area (Å²) in [6, 6.07) is 55.6.